The number of carbonyl (C=O) groups is 2. The number of methoxy groups -OCH3 is 1. The molecule has 1 N–H and O–H groups in total. The van der Waals surface area contributed by atoms with E-state index in [0.29, 0.717) is 31.4 Å². The predicted molar refractivity (Wildman–Crippen MR) is 84.2 cm³/mol. The molecule has 2 saturated carbocycles. The number of fused-ring (bicyclic) bond motifs is 1. The van der Waals surface area contributed by atoms with Gasteiger partial charge in [0.05, 0.1) is 23.4 Å². The summed E-state index contributed by atoms with van der Waals surface area (Å²) in [5.41, 5.74) is -2.04. The Kier molecular flexibility index (Phi) is 3.81. The van der Waals surface area contributed by atoms with E-state index in [4.69, 9.17) is 4.74 Å². The molecule has 0 heterocycles. The Morgan fingerprint density at radius 2 is 2.05 bits per heavy atom. The van der Waals surface area contributed by atoms with Crippen LogP contribution in [-0.4, -0.2) is 34.6 Å². The molecule has 2 fully saturated rings. The zero-order chi connectivity index (χ0) is 16.0. The van der Waals surface area contributed by atoms with Gasteiger partial charge in [0.2, 0.25) is 0 Å². The molecular weight excluding hydrogens is 300 g/mol. The number of hydrogen-bond donors (Lipinski definition) is 1. The highest BCUT2D eigenvalue weighted by Crippen LogP contribution is 2.55. The molecule has 0 amide bonds. The van der Waals surface area contributed by atoms with E-state index in [9.17, 15) is 14.7 Å². The van der Waals surface area contributed by atoms with E-state index >= 15 is 0 Å². The summed E-state index contributed by atoms with van der Waals surface area (Å²) in [5.74, 6) is 0.826. The van der Waals surface area contributed by atoms with Crippen molar-refractivity contribution in [3.05, 3.63) is 24.3 Å². The summed E-state index contributed by atoms with van der Waals surface area (Å²) in [6.45, 7) is 1.81. The average molecular weight is 320 g/mol. The number of carbonyl (C=O) groups excluding carboxylic acids is 2. The molecule has 0 aliphatic heterocycles. The summed E-state index contributed by atoms with van der Waals surface area (Å²) < 4.78 is 5.20. The van der Waals surface area contributed by atoms with E-state index in [-0.39, 0.29) is 11.6 Å². The lowest BCUT2D eigenvalue weighted by molar-refractivity contribution is -0.147. The van der Waals surface area contributed by atoms with Gasteiger partial charge in [-0.25, -0.2) is 0 Å². The molecule has 2 aliphatic carbocycles. The topological polar surface area (TPSA) is 63.6 Å². The van der Waals surface area contributed by atoms with Gasteiger partial charge in [-0.05, 0) is 38.0 Å². The summed E-state index contributed by atoms with van der Waals surface area (Å²) >= 11 is 1.35. The molecule has 118 valence electrons. The van der Waals surface area contributed by atoms with Gasteiger partial charge in [-0.1, -0.05) is 6.07 Å². The van der Waals surface area contributed by atoms with E-state index in [1.165, 1.54) is 11.8 Å². The number of thioether (sulfide) groups is 1. The summed E-state index contributed by atoms with van der Waals surface area (Å²) in [5, 5.41) is 10.6. The van der Waals surface area contributed by atoms with Gasteiger partial charge in [0.15, 0.2) is 0 Å². The standard InChI is InChI=1S/C17H20O4S/c1-16-8-6-13(18)15(17(16,20)9-7-14(16)19)22-12-5-3-4-11(10-12)21-2/h3-5,10,15,20H,6-9H2,1-2H3. The van der Waals surface area contributed by atoms with Crippen molar-refractivity contribution in [1.82, 2.24) is 0 Å². The van der Waals surface area contributed by atoms with Crippen LogP contribution in [0.15, 0.2) is 29.2 Å². The third kappa shape index (κ3) is 2.18. The Bertz CT molecular complexity index is 629. The van der Waals surface area contributed by atoms with Crippen molar-refractivity contribution in [3.63, 3.8) is 0 Å². The second-order valence-electron chi connectivity index (χ2n) is 6.32. The molecule has 3 unspecified atom stereocenters. The predicted octanol–water partition coefficient (Wildman–Crippen LogP) is 2.62. The van der Waals surface area contributed by atoms with Crippen LogP contribution in [0.4, 0.5) is 0 Å². The maximum Gasteiger partial charge on any atom is 0.149 e. The van der Waals surface area contributed by atoms with Crippen LogP contribution in [0.25, 0.3) is 0 Å². The molecular formula is C17H20O4S. The largest absolute Gasteiger partial charge is 0.497 e. The molecule has 3 atom stereocenters. The van der Waals surface area contributed by atoms with Gasteiger partial charge < -0.3 is 9.84 Å². The lowest BCUT2D eigenvalue weighted by atomic mass is 9.65. The number of aliphatic hydroxyl groups is 1. The van der Waals surface area contributed by atoms with Crippen molar-refractivity contribution in [1.29, 1.82) is 0 Å². The van der Waals surface area contributed by atoms with Crippen molar-refractivity contribution >= 4 is 23.3 Å². The first-order valence-electron chi connectivity index (χ1n) is 7.50. The van der Waals surface area contributed by atoms with Gasteiger partial charge in [0.25, 0.3) is 0 Å². The lowest BCUT2D eigenvalue weighted by Gasteiger charge is -2.46. The molecule has 1 aromatic carbocycles. The minimum Gasteiger partial charge on any atom is -0.497 e. The number of ketones is 2. The normalized spacial score (nSPS) is 34.6. The maximum atomic E-state index is 12.4. The molecule has 3 rings (SSSR count). The Hall–Kier alpha value is -1.33. The Balaban J connectivity index is 1.94. The maximum absolute atomic E-state index is 12.4. The van der Waals surface area contributed by atoms with Crippen LogP contribution in [0.5, 0.6) is 5.75 Å². The van der Waals surface area contributed by atoms with E-state index in [1.54, 1.807) is 7.11 Å². The monoisotopic (exact) mass is 320 g/mol. The Labute approximate surface area is 134 Å². The molecule has 0 bridgehead atoms. The van der Waals surface area contributed by atoms with Gasteiger partial charge in [-0.2, -0.15) is 0 Å². The minimum atomic E-state index is -1.24. The molecule has 1 aromatic rings. The highest BCUT2D eigenvalue weighted by atomic mass is 32.2. The number of Topliss-reactive ketones (excluding diaryl/α,β-unsaturated/α-hetero) is 2. The van der Waals surface area contributed by atoms with Crippen LogP contribution in [0.2, 0.25) is 0 Å². The molecule has 0 radical (unpaired) electrons. The van der Waals surface area contributed by atoms with Crippen LogP contribution in [-0.2, 0) is 9.59 Å². The van der Waals surface area contributed by atoms with Gasteiger partial charge in [0.1, 0.15) is 17.3 Å². The summed E-state index contributed by atoms with van der Waals surface area (Å²) in [6.07, 6.45) is 1.54. The highest BCUT2D eigenvalue weighted by Gasteiger charge is 2.64. The molecule has 2 aliphatic rings. The van der Waals surface area contributed by atoms with Crippen molar-refractivity contribution in [3.8, 4) is 5.75 Å². The first-order valence-corrected chi connectivity index (χ1v) is 8.38. The molecule has 0 saturated heterocycles. The fourth-order valence-corrected chi connectivity index (χ4v) is 5.05. The van der Waals surface area contributed by atoms with Gasteiger partial charge in [-0.3, -0.25) is 9.59 Å². The Morgan fingerprint density at radius 3 is 2.77 bits per heavy atom. The molecule has 22 heavy (non-hydrogen) atoms. The fourth-order valence-electron chi connectivity index (χ4n) is 3.62. The average Bonchev–Trinajstić information content (AvgIpc) is 2.76. The van der Waals surface area contributed by atoms with Crippen LogP contribution >= 0.6 is 11.8 Å². The second kappa shape index (κ2) is 5.39. The first-order chi connectivity index (χ1) is 10.4. The van der Waals surface area contributed by atoms with Gasteiger partial charge in [-0.15, -0.1) is 11.8 Å². The van der Waals surface area contributed by atoms with Crippen molar-refractivity contribution < 1.29 is 19.4 Å². The van der Waals surface area contributed by atoms with Crippen molar-refractivity contribution in [2.45, 2.75) is 48.4 Å². The quantitative estimate of drug-likeness (QED) is 0.927. The Morgan fingerprint density at radius 1 is 1.27 bits per heavy atom. The number of ether oxygens (including phenoxy) is 1. The zero-order valence-corrected chi connectivity index (χ0v) is 13.6. The van der Waals surface area contributed by atoms with Crippen molar-refractivity contribution in [2.75, 3.05) is 7.11 Å². The van der Waals surface area contributed by atoms with Crippen LogP contribution in [0.3, 0.4) is 0 Å². The van der Waals surface area contributed by atoms with E-state index in [0.717, 1.165) is 4.90 Å². The third-order valence-corrected chi connectivity index (χ3v) is 6.61. The smallest absolute Gasteiger partial charge is 0.149 e. The third-order valence-electron chi connectivity index (χ3n) is 5.20. The van der Waals surface area contributed by atoms with Gasteiger partial charge >= 0.3 is 0 Å². The summed E-state index contributed by atoms with van der Waals surface area (Å²) in [6, 6.07) is 7.44. The molecule has 0 spiro atoms. The van der Waals surface area contributed by atoms with E-state index < -0.39 is 16.3 Å². The lowest BCUT2D eigenvalue weighted by Crippen LogP contribution is -2.58. The second-order valence-corrected chi connectivity index (χ2v) is 7.50. The molecule has 5 heteroatoms. The SMILES string of the molecule is COc1cccc(SC2C(=O)CCC3(C)C(=O)CCC23O)c1. The molecule has 0 aromatic heterocycles. The summed E-state index contributed by atoms with van der Waals surface area (Å²) in [7, 11) is 1.59. The number of benzene rings is 1. The van der Waals surface area contributed by atoms with E-state index in [1.807, 2.05) is 31.2 Å². The fraction of sp³-hybridized carbons (Fsp3) is 0.529. The van der Waals surface area contributed by atoms with Crippen LogP contribution in [0.1, 0.15) is 32.6 Å². The van der Waals surface area contributed by atoms with E-state index in [2.05, 4.69) is 0 Å². The summed E-state index contributed by atoms with van der Waals surface area (Å²) in [4.78, 5) is 25.5. The number of hydrogen-bond acceptors (Lipinski definition) is 5. The zero-order valence-electron chi connectivity index (χ0n) is 12.8. The molecule has 4 nitrogen and oxygen atoms in total. The van der Waals surface area contributed by atoms with Crippen molar-refractivity contribution in [2.24, 2.45) is 5.41 Å². The van der Waals surface area contributed by atoms with Crippen LogP contribution in [0, 0.1) is 5.41 Å². The number of rotatable bonds is 3. The first kappa shape index (κ1) is 15.6. The minimum absolute atomic E-state index is 0.0301. The van der Waals surface area contributed by atoms with Gasteiger partial charge in [0, 0.05) is 17.7 Å². The van der Waals surface area contributed by atoms with Crippen LogP contribution < -0.4 is 4.74 Å². The highest BCUT2D eigenvalue weighted by molar-refractivity contribution is 8.00.